The number of esters is 1. The van der Waals surface area contributed by atoms with Gasteiger partial charge in [-0.3, -0.25) is 4.79 Å². The summed E-state index contributed by atoms with van der Waals surface area (Å²) in [6.07, 6.45) is 10.2. The predicted octanol–water partition coefficient (Wildman–Crippen LogP) is 5.09. The molecular weight excluding hydrogens is 330 g/mol. The number of hydrogen-bond acceptors (Lipinski definition) is 4. The Morgan fingerprint density at radius 2 is 1.46 bits per heavy atom. The van der Waals surface area contributed by atoms with Gasteiger partial charge in [-0.15, -0.1) is 0 Å². The SMILES string of the molecule is CCOC(=O)CCNC(=O)OCC=C(C)CCC=C(C)CCC=C(C)C. The van der Waals surface area contributed by atoms with Crippen molar-refractivity contribution in [3.8, 4) is 0 Å². The van der Waals surface area contributed by atoms with Crippen molar-refractivity contribution in [2.24, 2.45) is 0 Å². The summed E-state index contributed by atoms with van der Waals surface area (Å²) in [5.41, 5.74) is 3.96. The molecule has 0 aromatic rings. The van der Waals surface area contributed by atoms with Gasteiger partial charge in [-0.25, -0.2) is 4.79 Å². The Morgan fingerprint density at radius 3 is 2.08 bits per heavy atom. The summed E-state index contributed by atoms with van der Waals surface area (Å²) in [5.74, 6) is -0.326. The van der Waals surface area contributed by atoms with E-state index in [1.54, 1.807) is 6.92 Å². The predicted molar refractivity (Wildman–Crippen MR) is 106 cm³/mol. The quantitative estimate of drug-likeness (QED) is 0.387. The van der Waals surface area contributed by atoms with Gasteiger partial charge in [0.15, 0.2) is 0 Å². The number of amides is 1. The van der Waals surface area contributed by atoms with Crippen molar-refractivity contribution < 1.29 is 19.1 Å². The van der Waals surface area contributed by atoms with Crippen molar-refractivity contribution in [2.45, 2.75) is 66.7 Å². The number of alkyl carbamates (subject to hydrolysis) is 1. The summed E-state index contributed by atoms with van der Waals surface area (Å²) in [6.45, 7) is 11.0. The molecule has 5 heteroatoms. The zero-order chi connectivity index (χ0) is 19.8. The van der Waals surface area contributed by atoms with Gasteiger partial charge in [0, 0.05) is 6.54 Å². The highest BCUT2D eigenvalue weighted by Crippen LogP contribution is 2.11. The molecule has 0 saturated heterocycles. The molecule has 0 aliphatic carbocycles. The van der Waals surface area contributed by atoms with Crippen molar-refractivity contribution >= 4 is 12.1 Å². The summed E-state index contributed by atoms with van der Waals surface area (Å²) in [5, 5.41) is 2.53. The van der Waals surface area contributed by atoms with Crippen LogP contribution in [0, 0.1) is 0 Å². The van der Waals surface area contributed by atoms with E-state index in [0.29, 0.717) is 6.61 Å². The molecule has 0 unspecified atom stereocenters. The molecule has 0 aliphatic rings. The van der Waals surface area contributed by atoms with Crippen LogP contribution in [0.2, 0.25) is 0 Å². The van der Waals surface area contributed by atoms with Crippen LogP contribution in [0.25, 0.3) is 0 Å². The fourth-order valence-corrected chi connectivity index (χ4v) is 2.15. The van der Waals surface area contributed by atoms with E-state index in [1.165, 1.54) is 16.7 Å². The summed E-state index contributed by atoms with van der Waals surface area (Å²) < 4.78 is 9.83. The van der Waals surface area contributed by atoms with Gasteiger partial charge in [0.25, 0.3) is 0 Å². The largest absolute Gasteiger partial charge is 0.466 e. The maximum atomic E-state index is 11.5. The second-order valence-electron chi connectivity index (χ2n) is 6.54. The number of carbonyl (C=O) groups is 2. The average molecular weight is 366 g/mol. The standard InChI is InChI=1S/C21H35NO4/c1-6-25-20(23)13-15-22-21(24)26-16-14-19(5)12-8-11-18(4)10-7-9-17(2)3/h9,11,14H,6-8,10,12-13,15-16H2,1-5H3,(H,22,24). The van der Waals surface area contributed by atoms with E-state index < -0.39 is 6.09 Å². The van der Waals surface area contributed by atoms with Crippen molar-refractivity contribution in [2.75, 3.05) is 19.8 Å². The number of allylic oxidation sites excluding steroid dienone is 5. The number of ether oxygens (including phenoxy) is 2. The molecule has 1 amide bonds. The first-order valence-electron chi connectivity index (χ1n) is 9.36. The molecular formula is C21H35NO4. The van der Waals surface area contributed by atoms with E-state index in [9.17, 15) is 9.59 Å². The molecule has 0 atom stereocenters. The van der Waals surface area contributed by atoms with Crippen LogP contribution in [0.3, 0.4) is 0 Å². The second kappa shape index (κ2) is 15.2. The molecule has 148 valence electrons. The average Bonchev–Trinajstić information content (AvgIpc) is 2.54. The van der Waals surface area contributed by atoms with Crippen LogP contribution in [0.15, 0.2) is 34.9 Å². The molecule has 0 rings (SSSR count). The van der Waals surface area contributed by atoms with Gasteiger partial charge in [0.1, 0.15) is 6.61 Å². The fraction of sp³-hybridized carbons (Fsp3) is 0.619. The molecule has 1 N–H and O–H groups in total. The van der Waals surface area contributed by atoms with Crippen LogP contribution >= 0.6 is 0 Å². The molecule has 0 aliphatic heterocycles. The van der Waals surface area contributed by atoms with E-state index in [0.717, 1.165) is 25.7 Å². The fourth-order valence-electron chi connectivity index (χ4n) is 2.15. The van der Waals surface area contributed by atoms with Crippen molar-refractivity contribution in [1.29, 1.82) is 0 Å². The first kappa shape index (κ1) is 24.0. The molecule has 5 nitrogen and oxygen atoms in total. The molecule has 0 radical (unpaired) electrons. The summed E-state index contributed by atoms with van der Waals surface area (Å²) in [6, 6.07) is 0. The van der Waals surface area contributed by atoms with Gasteiger partial charge in [0.05, 0.1) is 13.0 Å². The van der Waals surface area contributed by atoms with E-state index in [4.69, 9.17) is 9.47 Å². The Labute approximate surface area is 158 Å². The van der Waals surface area contributed by atoms with Gasteiger partial charge in [-0.2, -0.15) is 0 Å². The van der Waals surface area contributed by atoms with Gasteiger partial charge in [-0.1, -0.05) is 28.9 Å². The normalized spacial score (nSPS) is 11.7. The van der Waals surface area contributed by atoms with Crippen LogP contribution in [-0.2, 0) is 14.3 Å². The third-order valence-electron chi connectivity index (χ3n) is 3.67. The first-order chi connectivity index (χ1) is 12.3. The molecule has 0 aromatic carbocycles. The van der Waals surface area contributed by atoms with Crippen LogP contribution in [-0.4, -0.2) is 31.8 Å². The van der Waals surface area contributed by atoms with Gasteiger partial charge in [0.2, 0.25) is 0 Å². The Hall–Kier alpha value is -2.04. The van der Waals surface area contributed by atoms with E-state index in [2.05, 4.69) is 38.2 Å². The number of hydrogen-bond donors (Lipinski definition) is 1. The molecule has 26 heavy (non-hydrogen) atoms. The third kappa shape index (κ3) is 15.5. The topological polar surface area (TPSA) is 64.6 Å². The number of nitrogens with one attached hydrogen (secondary N) is 1. The summed E-state index contributed by atoms with van der Waals surface area (Å²) in [7, 11) is 0. The minimum Gasteiger partial charge on any atom is -0.466 e. The number of carbonyl (C=O) groups excluding carboxylic acids is 2. The lowest BCUT2D eigenvalue weighted by Gasteiger charge is -2.06. The lowest BCUT2D eigenvalue weighted by molar-refractivity contribution is -0.142. The highest BCUT2D eigenvalue weighted by Gasteiger charge is 2.04. The van der Waals surface area contributed by atoms with Crippen LogP contribution in [0.4, 0.5) is 4.79 Å². The van der Waals surface area contributed by atoms with E-state index in [-0.39, 0.29) is 25.5 Å². The molecule has 0 heterocycles. The smallest absolute Gasteiger partial charge is 0.407 e. The summed E-state index contributed by atoms with van der Waals surface area (Å²) >= 11 is 0. The lowest BCUT2D eigenvalue weighted by Crippen LogP contribution is -2.27. The summed E-state index contributed by atoms with van der Waals surface area (Å²) in [4.78, 5) is 22.6. The van der Waals surface area contributed by atoms with Gasteiger partial charge >= 0.3 is 12.1 Å². The number of rotatable bonds is 12. The van der Waals surface area contributed by atoms with Gasteiger partial charge < -0.3 is 14.8 Å². The van der Waals surface area contributed by atoms with Crippen molar-refractivity contribution in [3.63, 3.8) is 0 Å². The maximum absolute atomic E-state index is 11.5. The maximum Gasteiger partial charge on any atom is 0.407 e. The van der Waals surface area contributed by atoms with Crippen LogP contribution in [0.5, 0.6) is 0 Å². The highest BCUT2D eigenvalue weighted by molar-refractivity contribution is 5.71. The molecule has 0 saturated carbocycles. The van der Waals surface area contributed by atoms with Crippen molar-refractivity contribution in [3.05, 3.63) is 34.9 Å². The first-order valence-corrected chi connectivity index (χ1v) is 9.36. The van der Waals surface area contributed by atoms with Crippen molar-refractivity contribution in [1.82, 2.24) is 5.32 Å². The zero-order valence-electron chi connectivity index (χ0n) is 17.0. The molecule has 0 spiro atoms. The Kier molecular flexibility index (Phi) is 14.0. The Morgan fingerprint density at radius 1 is 0.846 bits per heavy atom. The molecule has 0 bridgehead atoms. The Balaban J connectivity index is 3.88. The molecule has 0 fully saturated rings. The van der Waals surface area contributed by atoms with Crippen LogP contribution < -0.4 is 5.32 Å². The minimum absolute atomic E-state index is 0.150. The monoisotopic (exact) mass is 365 g/mol. The lowest BCUT2D eigenvalue weighted by atomic mass is 10.1. The Bertz CT molecular complexity index is 514. The van der Waals surface area contributed by atoms with Crippen LogP contribution in [0.1, 0.15) is 66.7 Å². The highest BCUT2D eigenvalue weighted by atomic mass is 16.5. The van der Waals surface area contributed by atoms with Gasteiger partial charge in [-0.05, 0) is 66.4 Å². The minimum atomic E-state index is -0.520. The molecule has 0 aromatic heterocycles. The zero-order valence-corrected chi connectivity index (χ0v) is 17.0. The third-order valence-corrected chi connectivity index (χ3v) is 3.67. The van der Waals surface area contributed by atoms with E-state index >= 15 is 0 Å². The second-order valence-corrected chi connectivity index (χ2v) is 6.54. The van der Waals surface area contributed by atoms with E-state index in [1.807, 2.05) is 13.0 Å².